The molecule has 1 aromatic heterocycles. The molecule has 0 fully saturated rings. The molecular formula is C15H18N4O3S3. The van der Waals surface area contributed by atoms with E-state index in [0.29, 0.717) is 11.6 Å². The summed E-state index contributed by atoms with van der Waals surface area (Å²) in [6.07, 6.45) is 0. The number of thioether (sulfide) groups is 2. The number of hydrogen-bond donors (Lipinski definition) is 1. The van der Waals surface area contributed by atoms with Crippen LogP contribution in [0.25, 0.3) is 0 Å². The third-order valence-corrected chi connectivity index (χ3v) is 6.58. The Morgan fingerprint density at radius 2 is 2.00 bits per heavy atom. The van der Waals surface area contributed by atoms with Gasteiger partial charge in [0.15, 0.2) is 8.68 Å². The van der Waals surface area contributed by atoms with Gasteiger partial charge in [0.1, 0.15) is 0 Å². The van der Waals surface area contributed by atoms with E-state index in [1.54, 1.807) is 24.8 Å². The number of carbonyl (C=O) groups is 1. The first kappa shape index (κ1) is 19.7. The van der Waals surface area contributed by atoms with Crippen molar-refractivity contribution < 1.29 is 9.72 Å². The van der Waals surface area contributed by atoms with Crippen molar-refractivity contribution in [2.75, 3.05) is 16.8 Å². The molecule has 2 aromatic rings. The molecule has 0 aliphatic rings. The zero-order valence-corrected chi connectivity index (χ0v) is 16.5. The average molecular weight is 399 g/mol. The average Bonchev–Trinajstić information content (AvgIpc) is 3.01. The van der Waals surface area contributed by atoms with E-state index in [1.807, 2.05) is 0 Å². The normalized spacial score (nSPS) is 10.9. The Labute approximate surface area is 158 Å². The molecule has 2 rings (SSSR count). The molecule has 10 heteroatoms. The fourth-order valence-electron chi connectivity index (χ4n) is 1.72. The van der Waals surface area contributed by atoms with Gasteiger partial charge in [0.25, 0.3) is 5.69 Å². The van der Waals surface area contributed by atoms with E-state index in [4.69, 9.17) is 0 Å². The van der Waals surface area contributed by atoms with Crippen LogP contribution in [0.3, 0.4) is 0 Å². The predicted octanol–water partition coefficient (Wildman–Crippen LogP) is 4.23. The third-order valence-electron chi connectivity index (χ3n) is 2.96. The van der Waals surface area contributed by atoms with Crippen LogP contribution < -0.4 is 5.32 Å². The Morgan fingerprint density at radius 1 is 1.32 bits per heavy atom. The Morgan fingerprint density at radius 3 is 2.64 bits per heavy atom. The molecule has 7 nitrogen and oxygen atoms in total. The summed E-state index contributed by atoms with van der Waals surface area (Å²) >= 11 is 4.43. The van der Waals surface area contributed by atoms with Gasteiger partial charge in [0.05, 0.1) is 16.4 Å². The Bertz CT molecular complexity index is 764. The summed E-state index contributed by atoms with van der Waals surface area (Å²) in [5.74, 6) is 1.49. The van der Waals surface area contributed by atoms with Crippen LogP contribution in [-0.2, 0) is 4.79 Å². The lowest BCUT2D eigenvalue weighted by atomic mass is 10.2. The molecule has 25 heavy (non-hydrogen) atoms. The van der Waals surface area contributed by atoms with E-state index < -0.39 is 4.92 Å². The number of benzene rings is 1. The van der Waals surface area contributed by atoms with Crippen molar-refractivity contribution >= 4 is 52.1 Å². The van der Waals surface area contributed by atoms with Crippen molar-refractivity contribution in [1.82, 2.24) is 10.2 Å². The highest BCUT2D eigenvalue weighted by Gasteiger charge is 2.13. The lowest BCUT2D eigenvalue weighted by molar-refractivity contribution is -0.384. The molecule has 0 saturated carbocycles. The van der Waals surface area contributed by atoms with Crippen LogP contribution in [0.15, 0.2) is 26.9 Å². The highest BCUT2D eigenvalue weighted by molar-refractivity contribution is 8.03. The number of hydrogen-bond acceptors (Lipinski definition) is 8. The number of nitrogens with one attached hydrogen (secondary N) is 1. The van der Waals surface area contributed by atoms with Gasteiger partial charge in [-0.3, -0.25) is 14.9 Å². The molecule has 1 aromatic carbocycles. The van der Waals surface area contributed by atoms with Gasteiger partial charge in [-0.1, -0.05) is 54.8 Å². The number of nitrogens with zero attached hydrogens (tertiary/aromatic N) is 3. The Kier molecular flexibility index (Phi) is 7.21. The van der Waals surface area contributed by atoms with E-state index in [-0.39, 0.29) is 17.3 Å². The van der Waals surface area contributed by atoms with Crippen LogP contribution in [0.2, 0.25) is 0 Å². The van der Waals surface area contributed by atoms with E-state index in [0.717, 1.165) is 20.0 Å². The lowest BCUT2D eigenvalue weighted by Crippen LogP contribution is -2.15. The number of nitro groups is 1. The summed E-state index contributed by atoms with van der Waals surface area (Å²) in [5, 5.41) is 21.7. The van der Waals surface area contributed by atoms with Crippen molar-refractivity contribution in [2.45, 2.75) is 29.5 Å². The molecule has 134 valence electrons. The van der Waals surface area contributed by atoms with Crippen molar-refractivity contribution in [3.63, 3.8) is 0 Å². The minimum absolute atomic E-state index is 0.0514. The van der Waals surface area contributed by atoms with Gasteiger partial charge < -0.3 is 5.32 Å². The smallest absolute Gasteiger partial charge is 0.271 e. The largest absolute Gasteiger partial charge is 0.325 e. The molecule has 0 aliphatic carbocycles. The van der Waals surface area contributed by atoms with Crippen molar-refractivity contribution in [3.8, 4) is 0 Å². The van der Waals surface area contributed by atoms with Gasteiger partial charge >= 0.3 is 0 Å². The zero-order valence-electron chi connectivity index (χ0n) is 14.0. The van der Waals surface area contributed by atoms with E-state index in [1.165, 1.54) is 35.2 Å². The third kappa shape index (κ3) is 6.29. The summed E-state index contributed by atoms with van der Waals surface area (Å²) in [6.45, 7) is 6.07. The number of non-ortho nitro benzene ring substituents is 1. The van der Waals surface area contributed by atoms with Gasteiger partial charge in [-0.15, -0.1) is 10.2 Å². The number of rotatable bonds is 8. The summed E-state index contributed by atoms with van der Waals surface area (Å²) in [5.41, 5.74) is 1.17. The lowest BCUT2D eigenvalue weighted by Gasteiger charge is -2.07. The van der Waals surface area contributed by atoms with E-state index >= 15 is 0 Å². The van der Waals surface area contributed by atoms with E-state index in [2.05, 4.69) is 29.4 Å². The number of amides is 1. The fraction of sp³-hybridized carbons (Fsp3) is 0.400. The van der Waals surface area contributed by atoms with Crippen molar-refractivity contribution in [2.24, 2.45) is 5.92 Å². The molecule has 1 amide bonds. The van der Waals surface area contributed by atoms with Gasteiger partial charge in [-0.2, -0.15) is 0 Å². The topological polar surface area (TPSA) is 98.0 Å². The molecule has 0 radical (unpaired) electrons. The molecule has 1 heterocycles. The predicted molar refractivity (Wildman–Crippen MR) is 103 cm³/mol. The van der Waals surface area contributed by atoms with Crippen molar-refractivity contribution in [3.05, 3.63) is 33.9 Å². The molecular weight excluding hydrogens is 380 g/mol. The zero-order chi connectivity index (χ0) is 18.4. The van der Waals surface area contributed by atoms with Gasteiger partial charge in [-0.05, 0) is 18.4 Å². The second-order valence-electron chi connectivity index (χ2n) is 5.63. The highest BCUT2D eigenvalue weighted by atomic mass is 32.2. The van der Waals surface area contributed by atoms with Crippen LogP contribution in [0.5, 0.6) is 0 Å². The SMILES string of the molecule is Cc1ccc([N+](=O)[O-])cc1NC(=O)CSc1nnc(SCC(C)C)s1. The summed E-state index contributed by atoms with van der Waals surface area (Å²) < 4.78 is 1.63. The molecule has 0 saturated heterocycles. The number of carbonyl (C=O) groups excluding carboxylic acids is 1. The minimum atomic E-state index is -0.485. The van der Waals surface area contributed by atoms with Crippen LogP contribution in [-0.4, -0.2) is 32.5 Å². The molecule has 0 atom stereocenters. The monoisotopic (exact) mass is 398 g/mol. The highest BCUT2D eigenvalue weighted by Crippen LogP contribution is 2.30. The first-order valence-corrected chi connectivity index (χ1v) is 10.3. The molecule has 0 aliphatic heterocycles. The van der Waals surface area contributed by atoms with Gasteiger partial charge in [0.2, 0.25) is 5.91 Å². The minimum Gasteiger partial charge on any atom is -0.325 e. The number of aromatic nitrogens is 2. The Balaban J connectivity index is 1.89. The number of nitro benzene ring substituents is 1. The van der Waals surface area contributed by atoms with E-state index in [9.17, 15) is 14.9 Å². The van der Waals surface area contributed by atoms with Crippen molar-refractivity contribution in [1.29, 1.82) is 0 Å². The quantitative estimate of drug-likeness (QED) is 0.403. The van der Waals surface area contributed by atoms with Crippen LogP contribution in [0.1, 0.15) is 19.4 Å². The summed E-state index contributed by atoms with van der Waals surface area (Å²) in [4.78, 5) is 22.4. The molecule has 0 unspecified atom stereocenters. The number of aryl methyl sites for hydroxylation is 1. The molecule has 0 spiro atoms. The molecule has 1 N–H and O–H groups in total. The fourth-order valence-corrected chi connectivity index (χ4v) is 4.52. The maximum absolute atomic E-state index is 12.1. The standard InChI is InChI=1S/C15H18N4O3S3/c1-9(2)7-23-14-17-18-15(25-14)24-8-13(20)16-12-6-11(19(21)22)5-4-10(12)3/h4-6,9H,7-8H2,1-3H3,(H,16,20). The van der Waals surface area contributed by atoms with Crippen LogP contribution in [0.4, 0.5) is 11.4 Å². The maximum atomic E-state index is 12.1. The van der Waals surface area contributed by atoms with Gasteiger partial charge in [-0.25, -0.2) is 0 Å². The Hall–Kier alpha value is -1.65. The molecule has 0 bridgehead atoms. The second-order valence-corrected chi connectivity index (χ2v) is 9.10. The van der Waals surface area contributed by atoms with Crippen LogP contribution in [0, 0.1) is 23.0 Å². The van der Waals surface area contributed by atoms with Crippen LogP contribution >= 0.6 is 34.9 Å². The summed E-state index contributed by atoms with van der Waals surface area (Å²) in [7, 11) is 0. The number of anilines is 1. The first-order valence-electron chi connectivity index (χ1n) is 7.49. The van der Waals surface area contributed by atoms with Gasteiger partial charge in [0, 0.05) is 17.9 Å². The summed E-state index contributed by atoms with van der Waals surface area (Å²) in [6, 6.07) is 4.39. The maximum Gasteiger partial charge on any atom is 0.271 e. The first-order chi connectivity index (χ1) is 11.8. The second kappa shape index (κ2) is 9.16.